The molecular weight excluding hydrogens is 224 g/mol. The molecule has 0 fully saturated rings. The fraction of sp³-hybridized carbons (Fsp3) is 0.143. The topological polar surface area (TPSA) is 60.8 Å². The number of nitrogen functional groups attached to an aromatic ring is 1. The van der Waals surface area contributed by atoms with Crippen LogP contribution < -0.4 is 11.5 Å². The third kappa shape index (κ3) is 4.03. The standard InChI is InChI=1S/C7H6N2.C6H6N2.CH4/c1-9-7-5-3-2-4-6(7)8;1-8-6-4-2-3-5(6)7;/h2-5H,8H2;2-3H,4,7H2;1H4. The fourth-order valence-corrected chi connectivity index (χ4v) is 1.21. The highest BCUT2D eigenvalue weighted by Gasteiger charge is 2.03. The number of anilines is 1. The van der Waals surface area contributed by atoms with Gasteiger partial charge in [0.25, 0.3) is 0 Å². The summed E-state index contributed by atoms with van der Waals surface area (Å²) in [5, 5.41) is 0. The molecule has 0 unspecified atom stereocenters. The number of para-hydroxylation sites is 2. The highest BCUT2D eigenvalue weighted by atomic mass is 14.7. The van der Waals surface area contributed by atoms with Crippen molar-refractivity contribution in [2.75, 3.05) is 5.73 Å². The second-order valence-electron chi connectivity index (χ2n) is 3.29. The molecule has 0 heterocycles. The summed E-state index contributed by atoms with van der Waals surface area (Å²) in [6.45, 7) is 13.2. The smallest absolute Gasteiger partial charge is 0.209 e. The van der Waals surface area contributed by atoms with Crippen LogP contribution in [0.5, 0.6) is 0 Å². The van der Waals surface area contributed by atoms with Crippen LogP contribution in [0.3, 0.4) is 0 Å². The van der Waals surface area contributed by atoms with Crippen LogP contribution in [0, 0.1) is 13.1 Å². The van der Waals surface area contributed by atoms with Crippen LogP contribution >= 0.6 is 0 Å². The van der Waals surface area contributed by atoms with Gasteiger partial charge in [-0.1, -0.05) is 43.8 Å². The van der Waals surface area contributed by atoms with Gasteiger partial charge in [-0.2, -0.15) is 0 Å². The SMILES string of the molecule is C.[C-]#[N+]C1=C(N)C=CC1.[C-]#[N+]c1ccccc1N. The minimum atomic E-state index is 0. The Morgan fingerprint density at radius 3 is 2.06 bits per heavy atom. The summed E-state index contributed by atoms with van der Waals surface area (Å²) >= 11 is 0. The number of allylic oxidation sites excluding steroid dienone is 2. The molecule has 0 aliphatic heterocycles. The predicted octanol–water partition coefficient (Wildman–Crippen LogP) is 3.49. The maximum absolute atomic E-state index is 6.63. The minimum Gasteiger partial charge on any atom is -0.408 e. The quantitative estimate of drug-likeness (QED) is 0.538. The van der Waals surface area contributed by atoms with E-state index in [0.717, 1.165) is 6.42 Å². The molecule has 0 spiro atoms. The lowest BCUT2D eigenvalue weighted by Gasteiger charge is -1.91. The van der Waals surface area contributed by atoms with Gasteiger partial charge in [-0.25, -0.2) is 9.69 Å². The van der Waals surface area contributed by atoms with Crippen LogP contribution in [0.1, 0.15) is 13.8 Å². The van der Waals surface area contributed by atoms with Gasteiger partial charge in [0.2, 0.25) is 5.69 Å². The van der Waals surface area contributed by atoms with Crippen LogP contribution in [-0.2, 0) is 0 Å². The molecule has 92 valence electrons. The second-order valence-corrected chi connectivity index (χ2v) is 3.29. The molecular formula is C14H16N4. The Hall–Kier alpha value is -2.72. The molecule has 0 bridgehead atoms. The monoisotopic (exact) mass is 240 g/mol. The molecule has 4 N–H and O–H groups in total. The van der Waals surface area contributed by atoms with E-state index in [1.54, 1.807) is 24.3 Å². The van der Waals surface area contributed by atoms with Gasteiger partial charge >= 0.3 is 0 Å². The molecule has 4 heteroatoms. The zero-order valence-corrected chi connectivity index (χ0v) is 9.22. The summed E-state index contributed by atoms with van der Waals surface area (Å²) < 4.78 is 0. The zero-order chi connectivity index (χ0) is 12.7. The van der Waals surface area contributed by atoms with Crippen molar-refractivity contribution in [1.29, 1.82) is 0 Å². The van der Waals surface area contributed by atoms with Crippen molar-refractivity contribution in [2.45, 2.75) is 13.8 Å². The van der Waals surface area contributed by atoms with Crippen molar-refractivity contribution < 1.29 is 0 Å². The largest absolute Gasteiger partial charge is 0.408 e. The maximum atomic E-state index is 6.63. The highest BCUT2D eigenvalue weighted by molar-refractivity contribution is 5.66. The molecule has 0 atom stereocenters. The molecule has 4 nitrogen and oxygen atoms in total. The molecule has 0 amide bonds. The first-order valence-electron chi connectivity index (χ1n) is 4.93. The number of rotatable bonds is 0. The van der Waals surface area contributed by atoms with E-state index >= 15 is 0 Å². The van der Waals surface area contributed by atoms with Gasteiger partial charge in [0.15, 0.2) is 5.70 Å². The van der Waals surface area contributed by atoms with Crippen molar-refractivity contribution >= 4 is 11.4 Å². The lowest BCUT2D eigenvalue weighted by molar-refractivity contribution is 1.28. The van der Waals surface area contributed by atoms with Gasteiger partial charge in [0.1, 0.15) is 0 Å². The van der Waals surface area contributed by atoms with Crippen LogP contribution in [0.4, 0.5) is 11.4 Å². The summed E-state index contributed by atoms with van der Waals surface area (Å²) in [4.78, 5) is 6.41. The predicted molar refractivity (Wildman–Crippen MR) is 75.4 cm³/mol. The molecule has 2 rings (SSSR count). The second kappa shape index (κ2) is 7.54. The van der Waals surface area contributed by atoms with Crippen molar-refractivity contribution in [3.05, 3.63) is 70.6 Å². The van der Waals surface area contributed by atoms with Crippen LogP contribution in [-0.4, -0.2) is 0 Å². The van der Waals surface area contributed by atoms with Crippen molar-refractivity contribution in [3.63, 3.8) is 0 Å². The Bertz CT molecular complexity index is 542. The average Bonchev–Trinajstić information content (AvgIpc) is 2.76. The van der Waals surface area contributed by atoms with E-state index in [-0.39, 0.29) is 7.43 Å². The number of hydrogen-bond donors (Lipinski definition) is 2. The Morgan fingerprint density at radius 2 is 1.72 bits per heavy atom. The average molecular weight is 240 g/mol. The van der Waals surface area contributed by atoms with Gasteiger partial charge in [0.05, 0.1) is 13.1 Å². The van der Waals surface area contributed by atoms with Crippen molar-refractivity contribution in [2.24, 2.45) is 5.73 Å². The van der Waals surface area contributed by atoms with E-state index in [2.05, 4.69) is 9.69 Å². The highest BCUT2D eigenvalue weighted by Crippen LogP contribution is 2.19. The van der Waals surface area contributed by atoms with E-state index in [4.69, 9.17) is 24.6 Å². The molecule has 0 aromatic heterocycles. The van der Waals surface area contributed by atoms with Gasteiger partial charge < -0.3 is 11.5 Å². The molecule has 0 radical (unpaired) electrons. The first-order chi connectivity index (χ1) is 8.19. The summed E-state index contributed by atoms with van der Waals surface area (Å²) in [7, 11) is 0. The summed E-state index contributed by atoms with van der Waals surface area (Å²) in [6.07, 6.45) is 4.38. The van der Waals surface area contributed by atoms with Gasteiger partial charge in [-0.15, -0.1) is 0 Å². The van der Waals surface area contributed by atoms with Gasteiger partial charge in [-0.3, -0.25) is 0 Å². The first-order valence-corrected chi connectivity index (χ1v) is 4.93. The molecule has 1 aliphatic rings. The lowest BCUT2D eigenvalue weighted by atomic mass is 10.3. The van der Waals surface area contributed by atoms with Crippen LogP contribution in [0.15, 0.2) is 47.8 Å². The molecule has 1 aromatic rings. The molecule has 18 heavy (non-hydrogen) atoms. The van der Waals surface area contributed by atoms with E-state index in [1.165, 1.54) is 0 Å². The third-order valence-electron chi connectivity index (χ3n) is 2.13. The van der Waals surface area contributed by atoms with Crippen molar-refractivity contribution in [3.8, 4) is 0 Å². The van der Waals surface area contributed by atoms with Gasteiger partial charge in [0, 0.05) is 17.8 Å². The summed E-state index contributed by atoms with van der Waals surface area (Å²) in [5.74, 6) is 0. The Kier molecular flexibility index (Phi) is 6.40. The summed E-state index contributed by atoms with van der Waals surface area (Å²) in [5.41, 5.74) is 13.2. The molecule has 1 aliphatic carbocycles. The Labute approximate surface area is 108 Å². The maximum Gasteiger partial charge on any atom is 0.209 e. The zero-order valence-electron chi connectivity index (χ0n) is 9.22. The lowest BCUT2D eigenvalue weighted by Crippen LogP contribution is -1.91. The number of benzene rings is 1. The van der Waals surface area contributed by atoms with Crippen molar-refractivity contribution in [1.82, 2.24) is 0 Å². The minimum absolute atomic E-state index is 0. The van der Waals surface area contributed by atoms with E-state index in [9.17, 15) is 0 Å². The molecule has 1 aromatic carbocycles. The molecule has 0 saturated carbocycles. The van der Waals surface area contributed by atoms with Crippen LogP contribution in [0.2, 0.25) is 0 Å². The first kappa shape index (κ1) is 15.3. The number of nitrogens with zero attached hydrogens (tertiary/aromatic N) is 2. The number of nitrogens with two attached hydrogens (primary N) is 2. The summed E-state index contributed by atoms with van der Waals surface area (Å²) in [6, 6.07) is 7.02. The normalized spacial score (nSPS) is 11.7. The molecule has 0 saturated heterocycles. The fourth-order valence-electron chi connectivity index (χ4n) is 1.21. The van der Waals surface area contributed by atoms with E-state index in [1.807, 2.05) is 12.1 Å². The Morgan fingerprint density at radius 1 is 1.06 bits per heavy atom. The van der Waals surface area contributed by atoms with Crippen LogP contribution in [0.25, 0.3) is 9.69 Å². The van der Waals surface area contributed by atoms with E-state index < -0.39 is 0 Å². The number of hydrogen-bond acceptors (Lipinski definition) is 2. The van der Waals surface area contributed by atoms with E-state index in [0.29, 0.717) is 22.8 Å². The third-order valence-corrected chi connectivity index (χ3v) is 2.13. The van der Waals surface area contributed by atoms with Gasteiger partial charge in [-0.05, 0) is 0 Å². The Balaban J connectivity index is 0.000000306.